The Bertz CT molecular complexity index is 899. The van der Waals surface area contributed by atoms with Gasteiger partial charge in [-0.15, -0.1) is 0 Å². The SMILES string of the molecule is CC/C=C\C/C=C\C/C=C\C/C=C\CCCCCCC(=O)NC(CO)C(O)/C=C/CC/C=C/CCCCCCCCCCCCCCCCCC. The fourth-order valence-electron chi connectivity index (χ4n) is 6.13. The fourth-order valence-corrected chi connectivity index (χ4v) is 6.13. The highest BCUT2D eigenvalue weighted by Gasteiger charge is 2.17. The van der Waals surface area contributed by atoms with E-state index in [-0.39, 0.29) is 12.5 Å². The number of hydrogen-bond acceptors (Lipinski definition) is 3. The van der Waals surface area contributed by atoms with Gasteiger partial charge in [-0.2, -0.15) is 0 Å². The van der Waals surface area contributed by atoms with Crippen LogP contribution in [0.3, 0.4) is 0 Å². The number of carbonyl (C=O) groups excluding carboxylic acids is 1. The zero-order valence-electron chi connectivity index (χ0n) is 33.6. The molecule has 0 heterocycles. The lowest BCUT2D eigenvalue weighted by molar-refractivity contribution is -0.123. The Labute approximate surface area is 317 Å². The molecule has 4 nitrogen and oxygen atoms in total. The first-order chi connectivity index (χ1) is 25.2. The lowest BCUT2D eigenvalue weighted by Crippen LogP contribution is -2.45. The summed E-state index contributed by atoms with van der Waals surface area (Å²) in [6.45, 7) is 4.17. The molecular weight excluding hydrogens is 627 g/mol. The summed E-state index contributed by atoms with van der Waals surface area (Å²) in [7, 11) is 0. The molecule has 0 aliphatic heterocycles. The number of unbranched alkanes of at least 4 members (excludes halogenated alkanes) is 21. The van der Waals surface area contributed by atoms with Gasteiger partial charge in [-0.3, -0.25) is 4.79 Å². The largest absolute Gasteiger partial charge is 0.394 e. The van der Waals surface area contributed by atoms with Crippen LogP contribution in [0.1, 0.15) is 200 Å². The van der Waals surface area contributed by atoms with Crippen molar-refractivity contribution >= 4 is 5.91 Å². The van der Waals surface area contributed by atoms with Crippen LogP contribution in [0.5, 0.6) is 0 Å². The molecular formula is C47H83NO3. The van der Waals surface area contributed by atoms with Gasteiger partial charge in [0.05, 0.1) is 18.8 Å². The predicted molar refractivity (Wildman–Crippen MR) is 225 cm³/mol. The third-order valence-corrected chi connectivity index (χ3v) is 9.42. The topological polar surface area (TPSA) is 69.6 Å². The minimum Gasteiger partial charge on any atom is -0.394 e. The minimum absolute atomic E-state index is 0.0996. The maximum atomic E-state index is 12.4. The van der Waals surface area contributed by atoms with Crippen molar-refractivity contribution in [3.63, 3.8) is 0 Å². The van der Waals surface area contributed by atoms with Gasteiger partial charge in [0, 0.05) is 6.42 Å². The number of nitrogens with one attached hydrogen (secondary N) is 1. The van der Waals surface area contributed by atoms with Crippen molar-refractivity contribution in [2.24, 2.45) is 0 Å². The number of rotatable bonds is 38. The summed E-state index contributed by atoms with van der Waals surface area (Å²) in [5.74, 6) is -0.0996. The number of amides is 1. The summed E-state index contributed by atoms with van der Waals surface area (Å²) < 4.78 is 0. The Kier molecular flexibility index (Phi) is 40.4. The molecule has 3 N–H and O–H groups in total. The van der Waals surface area contributed by atoms with E-state index in [0.29, 0.717) is 6.42 Å². The maximum Gasteiger partial charge on any atom is 0.220 e. The van der Waals surface area contributed by atoms with Crippen LogP contribution in [0, 0.1) is 0 Å². The Hall–Kier alpha value is -2.17. The molecule has 0 aromatic carbocycles. The smallest absolute Gasteiger partial charge is 0.220 e. The van der Waals surface area contributed by atoms with Crippen LogP contribution in [0.2, 0.25) is 0 Å². The first-order valence-corrected chi connectivity index (χ1v) is 21.7. The molecule has 0 spiro atoms. The molecule has 0 bridgehead atoms. The van der Waals surface area contributed by atoms with Crippen LogP contribution in [-0.4, -0.2) is 34.9 Å². The van der Waals surface area contributed by atoms with E-state index in [1.54, 1.807) is 6.08 Å². The Morgan fingerprint density at radius 3 is 1.37 bits per heavy atom. The van der Waals surface area contributed by atoms with Crippen LogP contribution in [-0.2, 0) is 4.79 Å². The van der Waals surface area contributed by atoms with E-state index >= 15 is 0 Å². The van der Waals surface area contributed by atoms with Crippen LogP contribution >= 0.6 is 0 Å². The van der Waals surface area contributed by atoms with Crippen molar-refractivity contribution in [1.82, 2.24) is 5.32 Å². The lowest BCUT2D eigenvalue weighted by atomic mass is 10.0. The third-order valence-electron chi connectivity index (χ3n) is 9.42. The van der Waals surface area contributed by atoms with E-state index in [1.807, 2.05) is 6.08 Å². The van der Waals surface area contributed by atoms with Gasteiger partial charge in [-0.05, 0) is 70.6 Å². The Morgan fingerprint density at radius 1 is 0.490 bits per heavy atom. The summed E-state index contributed by atoms with van der Waals surface area (Å²) in [5.41, 5.74) is 0. The highest BCUT2D eigenvalue weighted by Crippen LogP contribution is 2.14. The summed E-state index contributed by atoms with van der Waals surface area (Å²) >= 11 is 0. The average Bonchev–Trinajstić information content (AvgIpc) is 3.13. The zero-order chi connectivity index (χ0) is 37.1. The summed E-state index contributed by atoms with van der Waals surface area (Å²) in [6.07, 6.45) is 60.1. The second-order valence-electron chi connectivity index (χ2n) is 14.4. The third kappa shape index (κ3) is 38.9. The van der Waals surface area contributed by atoms with Gasteiger partial charge < -0.3 is 15.5 Å². The molecule has 2 atom stereocenters. The molecule has 0 rings (SSSR count). The monoisotopic (exact) mass is 710 g/mol. The summed E-state index contributed by atoms with van der Waals surface area (Å²) in [6, 6.07) is -0.655. The second kappa shape index (κ2) is 42.2. The summed E-state index contributed by atoms with van der Waals surface area (Å²) in [4.78, 5) is 12.4. The van der Waals surface area contributed by atoms with Gasteiger partial charge in [0.15, 0.2) is 0 Å². The highest BCUT2D eigenvalue weighted by atomic mass is 16.3. The van der Waals surface area contributed by atoms with Crippen molar-refractivity contribution in [1.29, 1.82) is 0 Å². The van der Waals surface area contributed by atoms with Gasteiger partial charge in [0.2, 0.25) is 5.91 Å². The Morgan fingerprint density at radius 2 is 0.882 bits per heavy atom. The van der Waals surface area contributed by atoms with E-state index in [1.165, 1.54) is 103 Å². The van der Waals surface area contributed by atoms with Crippen LogP contribution in [0.15, 0.2) is 72.9 Å². The first kappa shape index (κ1) is 48.8. The van der Waals surface area contributed by atoms with E-state index in [4.69, 9.17) is 0 Å². The standard InChI is InChI=1S/C47H83NO3/c1-3-5-7-9-11-13-15-17-19-21-22-23-24-25-27-28-30-32-34-36-38-40-42-46(50)45(44-49)48-47(51)43-41-39-37-35-33-31-29-26-20-18-16-14-12-10-8-6-4-2/h6,8,12,14,18,20,29,31-32,34,40,42,45-46,49-50H,3-5,7,9-11,13,15-17,19,21-28,30,33,35-39,41,43-44H2,1-2H3,(H,48,51)/b8-6-,14-12-,20-18-,31-29-,34-32+,42-40+. The predicted octanol–water partition coefficient (Wildman–Crippen LogP) is 13.5. The highest BCUT2D eigenvalue weighted by molar-refractivity contribution is 5.76. The van der Waals surface area contributed by atoms with E-state index in [0.717, 1.165) is 77.0 Å². The average molecular weight is 710 g/mol. The molecule has 4 heteroatoms. The molecule has 0 aliphatic carbocycles. The molecule has 1 amide bonds. The van der Waals surface area contributed by atoms with Crippen molar-refractivity contribution in [3.05, 3.63) is 72.9 Å². The normalized spacial score (nSPS) is 13.7. The molecule has 294 valence electrons. The van der Waals surface area contributed by atoms with Crippen LogP contribution in [0.4, 0.5) is 0 Å². The molecule has 0 aliphatic rings. The zero-order valence-corrected chi connectivity index (χ0v) is 33.6. The van der Waals surface area contributed by atoms with Crippen molar-refractivity contribution < 1.29 is 15.0 Å². The van der Waals surface area contributed by atoms with Gasteiger partial charge in [0.1, 0.15) is 0 Å². The first-order valence-electron chi connectivity index (χ1n) is 21.7. The number of carbonyl (C=O) groups is 1. The fraction of sp³-hybridized carbons (Fsp3) is 0.723. The van der Waals surface area contributed by atoms with Crippen LogP contribution < -0.4 is 5.32 Å². The number of hydrogen-bond donors (Lipinski definition) is 3. The number of aliphatic hydroxyl groups is 2. The molecule has 2 unspecified atom stereocenters. The molecule has 0 aromatic heterocycles. The lowest BCUT2D eigenvalue weighted by Gasteiger charge is -2.19. The van der Waals surface area contributed by atoms with Crippen molar-refractivity contribution in [2.75, 3.05) is 6.61 Å². The number of aliphatic hydroxyl groups excluding tert-OH is 2. The maximum absolute atomic E-state index is 12.4. The quantitative estimate of drug-likeness (QED) is 0.0441. The number of allylic oxidation sites excluding steroid dienone is 11. The summed E-state index contributed by atoms with van der Waals surface area (Å²) in [5, 5.41) is 23.0. The van der Waals surface area contributed by atoms with Gasteiger partial charge >= 0.3 is 0 Å². The minimum atomic E-state index is -0.876. The second-order valence-corrected chi connectivity index (χ2v) is 14.4. The van der Waals surface area contributed by atoms with E-state index in [9.17, 15) is 15.0 Å². The molecule has 0 fully saturated rings. The van der Waals surface area contributed by atoms with Gasteiger partial charge in [-0.25, -0.2) is 0 Å². The molecule has 51 heavy (non-hydrogen) atoms. The molecule has 0 saturated carbocycles. The van der Waals surface area contributed by atoms with Crippen molar-refractivity contribution in [3.8, 4) is 0 Å². The molecule has 0 radical (unpaired) electrons. The van der Waals surface area contributed by atoms with Crippen LogP contribution in [0.25, 0.3) is 0 Å². The van der Waals surface area contributed by atoms with E-state index < -0.39 is 12.1 Å². The van der Waals surface area contributed by atoms with Gasteiger partial charge in [0.25, 0.3) is 0 Å². The van der Waals surface area contributed by atoms with Crippen molar-refractivity contribution in [2.45, 2.75) is 212 Å². The van der Waals surface area contributed by atoms with E-state index in [2.05, 4.69) is 79.9 Å². The molecule has 0 saturated heterocycles. The Balaban J connectivity index is 3.67. The molecule has 0 aromatic rings. The van der Waals surface area contributed by atoms with Gasteiger partial charge in [-0.1, -0.05) is 196 Å².